The first-order valence-corrected chi connectivity index (χ1v) is 9.68. The number of hydrogen-bond acceptors (Lipinski definition) is 4. The van der Waals surface area contributed by atoms with E-state index in [9.17, 15) is 0 Å². The Hall–Kier alpha value is -1.94. The Kier molecular flexibility index (Phi) is 4.97. The molecule has 1 unspecified atom stereocenters. The van der Waals surface area contributed by atoms with Gasteiger partial charge in [0.25, 0.3) is 0 Å². The highest BCUT2D eigenvalue weighted by molar-refractivity contribution is 5.51. The van der Waals surface area contributed by atoms with Gasteiger partial charge in [-0.3, -0.25) is 0 Å². The Balaban J connectivity index is 1.57. The smallest absolute Gasteiger partial charge is 0.135 e. The van der Waals surface area contributed by atoms with Crippen molar-refractivity contribution in [1.29, 1.82) is 0 Å². The molecule has 4 nitrogen and oxygen atoms in total. The molecule has 1 fully saturated rings. The van der Waals surface area contributed by atoms with Crippen LogP contribution in [0.1, 0.15) is 47.8 Å². The average Bonchev–Trinajstić information content (AvgIpc) is 2.68. The summed E-state index contributed by atoms with van der Waals surface area (Å²) in [6, 6.07) is 10.8. The van der Waals surface area contributed by atoms with E-state index < -0.39 is 0 Å². The fourth-order valence-corrected chi connectivity index (χ4v) is 4.09. The topological polar surface area (TPSA) is 41.1 Å². The van der Waals surface area contributed by atoms with Gasteiger partial charge in [0, 0.05) is 36.8 Å². The second kappa shape index (κ2) is 7.52. The Bertz CT molecular complexity index is 707. The molecule has 132 valence electrons. The molecular formula is C21H28N4. The quantitative estimate of drug-likeness (QED) is 0.930. The van der Waals surface area contributed by atoms with Gasteiger partial charge >= 0.3 is 0 Å². The first-order chi connectivity index (χ1) is 12.3. The average molecular weight is 336 g/mol. The van der Waals surface area contributed by atoms with Crippen LogP contribution in [0.3, 0.4) is 0 Å². The SMILES string of the molecule is Cc1nc(C2CCCNC2)nc2c1CCCN2CCc1ccccc1. The van der Waals surface area contributed by atoms with Gasteiger partial charge in [-0.2, -0.15) is 0 Å². The van der Waals surface area contributed by atoms with Gasteiger partial charge in [-0.05, 0) is 51.1 Å². The molecule has 0 aliphatic carbocycles. The van der Waals surface area contributed by atoms with Gasteiger partial charge in [-0.15, -0.1) is 0 Å². The highest BCUT2D eigenvalue weighted by atomic mass is 15.2. The highest BCUT2D eigenvalue weighted by Crippen LogP contribution is 2.30. The summed E-state index contributed by atoms with van der Waals surface area (Å²) in [5.74, 6) is 2.72. The largest absolute Gasteiger partial charge is 0.356 e. The molecular weight excluding hydrogens is 308 g/mol. The number of aromatic nitrogens is 2. The lowest BCUT2D eigenvalue weighted by Crippen LogP contribution is -2.34. The maximum absolute atomic E-state index is 5.07. The summed E-state index contributed by atoms with van der Waals surface area (Å²) in [5, 5.41) is 3.50. The number of hydrogen-bond donors (Lipinski definition) is 1. The van der Waals surface area contributed by atoms with Crippen LogP contribution in [0.4, 0.5) is 5.82 Å². The molecule has 0 radical (unpaired) electrons. The third kappa shape index (κ3) is 3.69. The molecule has 4 rings (SSSR count). The fraction of sp³-hybridized carbons (Fsp3) is 0.524. The number of aryl methyl sites for hydroxylation is 1. The Morgan fingerprint density at radius 3 is 2.84 bits per heavy atom. The second-order valence-corrected chi connectivity index (χ2v) is 7.34. The van der Waals surface area contributed by atoms with E-state index in [0.29, 0.717) is 5.92 Å². The molecule has 2 aliphatic rings. The van der Waals surface area contributed by atoms with E-state index >= 15 is 0 Å². The molecule has 4 heteroatoms. The number of benzene rings is 1. The molecule has 0 saturated carbocycles. The van der Waals surface area contributed by atoms with Crippen molar-refractivity contribution in [1.82, 2.24) is 15.3 Å². The van der Waals surface area contributed by atoms with Gasteiger partial charge in [0.15, 0.2) is 0 Å². The molecule has 2 aliphatic heterocycles. The summed E-state index contributed by atoms with van der Waals surface area (Å²) >= 11 is 0. The predicted molar refractivity (Wildman–Crippen MR) is 102 cm³/mol. The van der Waals surface area contributed by atoms with Gasteiger partial charge in [0.05, 0.1) is 0 Å². The molecule has 1 atom stereocenters. The van der Waals surface area contributed by atoms with Crippen LogP contribution in [-0.2, 0) is 12.8 Å². The van der Waals surface area contributed by atoms with Crippen molar-refractivity contribution >= 4 is 5.82 Å². The molecule has 0 amide bonds. The van der Waals surface area contributed by atoms with Crippen molar-refractivity contribution < 1.29 is 0 Å². The minimum Gasteiger partial charge on any atom is -0.356 e. The molecule has 0 bridgehead atoms. The number of anilines is 1. The third-order valence-corrected chi connectivity index (χ3v) is 5.54. The lowest BCUT2D eigenvalue weighted by atomic mass is 9.97. The molecule has 1 N–H and O–H groups in total. The van der Waals surface area contributed by atoms with Crippen LogP contribution in [-0.4, -0.2) is 36.1 Å². The van der Waals surface area contributed by atoms with Crippen LogP contribution < -0.4 is 10.2 Å². The normalized spacial score (nSPS) is 20.4. The third-order valence-electron chi connectivity index (χ3n) is 5.54. The van der Waals surface area contributed by atoms with E-state index in [-0.39, 0.29) is 0 Å². The van der Waals surface area contributed by atoms with E-state index in [1.807, 2.05) is 0 Å². The molecule has 1 aromatic carbocycles. The van der Waals surface area contributed by atoms with Gasteiger partial charge in [0.1, 0.15) is 11.6 Å². The lowest BCUT2D eigenvalue weighted by Gasteiger charge is -2.32. The minimum atomic E-state index is 0.468. The molecule has 3 heterocycles. The van der Waals surface area contributed by atoms with E-state index in [1.165, 1.54) is 41.9 Å². The summed E-state index contributed by atoms with van der Waals surface area (Å²) in [4.78, 5) is 12.4. The monoisotopic (exact) mass is 336 g/mol. The Labute approximate surface area is 150 Å². The van der Waals surface area contributed by atoms with Gasteiger partial charge < -0.3 is 10.2 Å². The van der Waals surface area contributed by atoms with E-state index in [1.54, 1.807) is 0 Å². The maximum Gasteiger partial charge on any atom is 0.135 e. The number of piperidine rings is 1. The number of rotatable bonds is 4. The van der Waals surface area contributed by atoms with Crippen molar-refractivity contribution in [2.24, 2.45) is 0 Å². The summed E-state index contributed by atoms with van der Waals surface area (Å²) < 4.78 is 0. The van der Waals surface area contributed by atoms with Gasteiger partial charge in [-0.1, -0.05) is 30.3 Å². The first-order valence-electron chi connectivity index (χ1n) is 9.68. The van der Waals surface area contributed by atoms with Crippen molar-refractivity contribution in [2.75, 3.05) is 31.1 Å². The Morgan fingerprint density at radius 1 is 1.16 bits per heavy atom. The van der Waals surface area contributed by atoms with Crippen LogP contribution in [0.25, 0.3) is 0 Å². The molecule has 25 heavy (non-hydrogen) atoms. The molecule has 2 aromatic rings. The number of nitrogens with one attached hydrogen (secondary N) is 1. The van der Waals surface area contributed by atoms with Crippen molar-refractivity contribution in [3.63, 3.8) is 0 Å². The zero-order valence-electron chi connectivity index (χ0n) is 15.2. The van der Waals surface area contributed by atoms with Crippen LogP contribution in [0.2, 0.25) is 0 Å². The predicted octanol–water partition coefficient (Wildman–Crippen LogP) is 3.25. The lowest BCUT2D eigenvalue weighted by molar-refractivity contribution is 0.444. The van der Waals surface area contributed by atoms with Crippen LogP contribution >= 0.6 is 0 Å². The maximum atomic E-state index is 5.07. The summed E-state index contributed by atoms with van der Waals surface area (Å²) in [7, 11) is 0. The molecule has 1 aromatic heterocycles. The zero-order chi connectivity index (χ0) is 17.1. The van der Waals surface area contributed by atoms with Gasteiger partial charge in [-0.25, -0.2) is 9.97 Å². The Morgan fingerprint density at radius 2 is 2.04 bits per heavy atom. The summed E-state index contributed by atoms with van der Waals surface area (Å²) in [6.07, 6.45) is 5.82. The van der Waals surface area contributed by atoms with E-state index in [4.69, 9.17) is 9.97 Å². The van der Waals surface area contributed by atoms with Crippen LogP contribution in [0.15, 0.2) is 30.3 Å². The van der Waals surface area contributed by atoms with Crippen LogP contribution in [0.5, 0.6) is 0 Å². The summed E-state index contributed by atoms with van der Waals surface area (Å²) in [5.41, 5.74) is 3.96. The van der Waals surface area contributed by atoms with Crippen molar-refractivity contribution in [3.05, 3.63) is 53.0 Å². The second-order valence-electron chi connectivity index (χ2n) is 7.34. The van der Waals surface area contributed by atoms with Crippen molar-refractivity contribution in [2.45, 2.75) is 44.9 Å². The molecule has 0 spiro atoms. The molecule has 1 saturated heterocycles. The summed E-state index contributed by atoms with van der Waals surface area (Å²) in [6.45, 7) is 6.46. The zero-order valence-corrected chi connectivity index (χ0v) is 15.2. The van der Waals surface area contributed by atoms with E-state index in [2.05, 4.69) is 47.5 Å². The van der Waals surface area contributed by atoms with Gasteiger partial charge in [0.2, 0.25) is 0 Å². The van der Waals surface area contributed by atoms with Crippen LogP contribution in [0, 0.1) is 6.92 Å². The standard InChI is InChI=1S/C21H28N4/c1-16-19-10-6-13-25(14-11-17-7-3-2-4-8-17)21(19)24-20(23-16)18-9-5-12-22-15-18/h2-4,7-8,18,22H,5-6,9-15H2,1H3. The first kappa shape index (κ1) is 16.5. The van der Waals surface area contributed by atoms with Crippen molar-refractivity contribution in [3.8, 4) is 0 Å². The van der Waals surface area contributed by atoms with E-state index in [0.717, 1.165) is 44.8 Å². The number of fused-ring (bicyclic) bond motifs is 1. The highest BCUT2D eigenvalue weighted by Gasteiger charge is 2.25. The fourth-order valence-electron chi connectivity index (χ4n) is 4.09. The minimum absolute atomic E-state index is 0.468. The number of nitrogens with zero attached hydrogens (tertiary/aromatic N) is 3.